The molecule has 0 aliphatic heterocycles. The van der Waals surface area contributed by atoms with E-state index in [1.54, 1.807) is 0 Å². The number of hydrogen-bond donors (Lipinski definition) is 2. The second-order valence-electron chi connectivity index (χ2n) is 4.27. The van der Waals surface area contributed by atoms with Crippen molar-refractivity contribution in [1.82, 2.24) is 0 Å². The number of rotatable bonds is 4. The highest BCUT2D eigenvalue weighted by Crippen LogP contribution is 2.39. The van der Waals surface area contributed by atoms with Gasteiger partial charge in [-0.1, -0.05) is 6.92 Å². The Labute approximate surface area is 82.9 Å². The molecule has 0 aromatic carbocycles. The van der Waals surface area contributed by atoms with Crippen molar-refractivity contribution in [2.24, 2.45) is 17.8 Å². The molecule has 1 fully saturated rings. The summed E-state index contributed by atoms with van der Waals surface area (Å²) in [6.45, 7) is 2.01. The average Bonchev–Trinajstić information content (AvgIpc) is 2.28. The van der Waals surface area contributed by atoms with Crippen molar-refractivity contribution < 1.29 is 19.8 Å². The van der Waals surface area contributed by atoms with Crippen LogP contribution in [0.1, 0.15) is 32.6 Å². The monoisotopic (exact) mass is 200 g/mol. The molecule has 4 heteroatoms. The molecule has 1 aliphatic rings. The van der Waals surface area contributed by atoms with E-state index >= 15 is 0 Å². The Hall–Kier alpha value is -1.06. The molecule has 3 unspecified atom stereocenters. The molecule has 0 spiro atoms. The highest BCUT2D eigenvalue weighted by atomic mass is 16.4. The zero-order valence-corrected chi connectivity index (χ0v) is 8.27. The van der Waals surface area contributed by atoms with E-state index in [1.165, 1.54) is 0 Å². The van der Waals surface area contributed by atoms with E-state index in [0.29, 0.717) is 5.92 Å². The molecular weight excluding hydrogens is 184 g/mol. The van der Waals surface area contributed by atoms with Crippen LogP contribution in [0.15, 0.2) is 0 Å². The van der Waals surface area contributed by atoms with Crippen LogP contribution in [0.3, 0.4) is 0 Å². The largest absolute Gasteiger partial charge is 0.481 e. The van der Waals surface area contributed by atoms with Gasteiger partial charge in [0.05, 0.1) is 0 Å². The van der Waals surface area contributed by atoms with Crippen LogP contribution in [0.2, 0.25) is 0 Å². The topological polar surface area (TPSA) is 74.6 Å². The summed E-state index contributed by atoms with van der Waals surface area (Å²) >= 11 is 0. The van der Waals surface area contributed by atoms with Gasteiger partial charge in [0.15, 0.2) is 0 Å². The van der Waals surface area contributed by atoms with Crippen LogP contribution >= 0.6 is 0 Å². The van der Waals surface area contributed by atoms with Gasteiger partial charge >= 0.3 is 11.9 Å². The first-order valence-corrected chi connectivity index (χ1v) is 4.92. The standard InChI is InChI=1S/C10H16O4/c1-6-2-7(4-9(11)12)3-8(6)5-10(13)14/h6-8H,2-5H2,1H3,(H,11,12)(H,13,14). The first kappa shape index (κ1) is 11.0. The second kappa shape index (κ2) is 4.44. The van der Waals surface area contributed by atoms with E-state index in [-0.39, 0.29) is 24.7 Å². The lowest BCUT2D eigenvalue weighted by molar-refractivity contribution is -0.138. The summed E-state index contributed by atoms with van der Waals surface area (Å²) in [7, 11) is 0. The van der Waals surface area contributed by atoms with Gasteiger partial charge in [0.1, 0.15) is 0 Å². The minimum absolute atomic E-state index is 0.164. The van der Waals surface area contributed by atoms with E-state index in [0.717, 1.165) is 12.8 Å². The first-order chi connectivity index (χ1) is 6.49. The van der Waals surface area contributed by atoms with Crippen LogP contribution in [0, 0.1) is 17.8 Å². The lowest BCUT2D eigenvalue weighted by atomic mass is 9.95. The third-order valence-electron chi connectivity index (χ3n) is 3.05. The summed E-state index contributed by atoms with van der Waals surface area (Å²) < 4.78 is 0. The molecule has 1 saturated carbocycles. The van der Waals surface area contributed by atoms with Crippen LogP contribution < -0.4 is 0 Å². The van der Waals surface area contributed by atoms with Gasteiger partial charge in [-0.2, -0.15) is 0 Å². The molecule has 0 aromatic rings. The van der Waals surface area contributed by atoms with Crippen molar-refractivity contribution >= 4 is 11.9 Å². The van der Waals surface area contributed by atoms with Crippen LogP contribution in [0.4, 0.5) is 0 Å². The maximum atomic E-state index is 10.5. The summed E-state index contributed by atoms with van der Waals surface area (Å²) in [5.41, 5.74) is 0. The molecule has 1 rings (SSSR count). The summed E-state index contributed by atoms with van der Waals surface area (Å²) in [5, 5.41) is 17.3. The Morgan fingerprint density at radius 1 is 1.14 bits per heavy atom. The second-order valence-corrected chi connectivity index (χ2v) is 4.27. The highest BCUT2D eigenvalue weighted by Gasteiger charge is 2.33. The van der Waals surface area contributed by atoms with Gasteiger partial charge in [-0.3, -0.25) is 9.59 Å². The molecule has 3 atom stereocenters. The number of carboxylic acids is 2. The van der Waals surface area contributed by atoms with E-state index in [2.05, 4.69) is 0 Å². The van der Waals surface area contributed by atoms with Crippen LogP contribution in [-0.2, 0) is 9.59 Å². The van der Waals surface area contributed by atoms with Gasteiger partial charge in [-0.25, -0.2) is 0 Å². The smallest absolute Gasteiger partial charge is 0.303 e. The SMILES string of the molecule is CC1CC(CC(=O)O)CC1CC(=O)O. The Balaban J connectivity index is 2.42. The summed E-state index contributed by atoms with van der Waals surface area (Å²) in [6, 6.07) is 0. The maximum absolute atomic E-state index is 10.5. The molecule has 0 amide bonds. The zero-order chi connectivity index (χ0) is 10.7. The predicted molar refractivity (Wildman–Crippen MR) is 49.9 cm³/mol. The molecule has 0 heterocycles. The van der Waals surface area contributed by atoms with Crippen LogP contribution in [-0.4, -0.2) is 22.2 Å². The van der Waals surface area contributed by atoms with Gasteiger partial charge in [0.25, 0.3) is 0 Å². The maximum Gasteiger partial charge on any atom is 0.303 e. The fraction of sp³-hybridized carbons (Fsp3) is 0.800. The van der Waals surface area contributed by atoms with Crippen LogP contribution in [0.25, 0.3) is 0 Å². The van der Waals surface area contributed by atoms with E-state index in [1.807, 2.05) is 6.92 Å². The molecule has 0 bridgehead atoms. The molecule has 0 aromatic heterocycles. The molecule has 0 saturated heterocycles. The van der Waals surface area contributed by atoms with Gasteiger partial charge < -0.3 is 10.2 Å². The Kier molecular flexibility index (Phi) is 3.49. The molecule has 1 aliphatic carbocycles. The van der Waals surface area contributed by atoms with Gasteiger partial charge in [-0.05, 0) is 30.6 Å². The zero-order valence-electron chi connectivity index (χ0n) is 8.27. The summed E-state index contributed by atoms with van der Waals surface area (Å²) in [4.78, 5) is 21.0. The lowest BCUT2D eigenvalue weighted by Crippen LogP contribution is -2.10. The summed E-state index contributed by atoms with van der Waals surface area (Å²) in [5.74, 6) is -0.879. The molecule has 2 N–H and O–H groups in total. The number of hydrogen-bond acceptors (Lipinski definition) is 2. The average molecular weight is 200 g/mol. The highest BCUT2D eigenvalue weighted by molar-refractivity contribution is 5.68. The van der Waals surface area contributed by atoms with E-state index in [9.17, 15) is 9.59 Å². The minimum atomic E-state index is -0.780. The van der Waals surface area contributed by atoms with Crippen molar-refractivity contribution in [2.45, 2.75) is 32.6 Å². The van der Waals surface area contributed by atoms with Crippen molar-refractivity contribution in [3.05, 3.63) is 0 Å². The Morgan fingerprint density at radius 3 is 2.21 bits per heavy atom. The minimum Gasteiger partial charge on any atom is -0.481 e. The predicted octanol–water partition coefficient (Wildman–Crippen LogP) is 1.60. The molecular formula is C10H16O4. The fourth-order valence-corrected chi connectivity index (χ4v) is 2.40. The fourth-order valence-electron chi connectivity index (χ4n) is 2.40. The third kappa shape index (κ3) is 3.01. The number of carbonyl (C=O) groups is 2. The first-order valence-electron chi connectivity index (χ1n) is 4.92. The Bertz CT molecular complexity index is 236. The summed E-state index contributed by atoms with van der Waals surface area (Å²) in [6.07, 6.45) is 1.96. The lowest BCUT2D eigenvalue weighted by Gasteiger charge is -2.10. The van der Waals surface area contributed by atoms with Gasteiger partial charge in [-0.15, -0.1) is 0 Å². The number of aliphatic carboxylic acids is 2. The van der Waals surface area contributed by atoms with Crippen molar-refractivity contribution in [3.8, 4) is 0 Å². The van der Waals surface area contributed by atoms with Crippen molar-refractivity contribution in [3.63, 3.8) is 0 Å². The van der Waals surface area contributed by atoms with Gasteiger partial charge in [0.2, 0.25) is 0 Å². The Morgan fingerprint density at radius 2 is 1.71 bits per heavy atom. The third-order valence-corrected chi connectivity index (χ3v) is 3.05. The molecule has 0 radical (unpaired) electrons. The molecule has 4 nitrogen and oxygen atoms in total. The van der Waals surface area contributed by atoms with Crippen LogP contribution in [0.5, 0.6) is 0 Å². The van der Waals surface area contributed by atoms with Gasteiger partial charge in [0, 0.05) is 12.8 Å². The molecule has 14 heavy (non-hydrogen) atoms. The normalized spacial score (nSPS) is 31.6. The van der Waals surface area contributed by atoms with E-state index < -0.39 is 11.9 Å². The van der Waals surface area contributed by atoms with E-state index in [4.69, 9.17) is 10.2 Å². The number of carboxylic acid groups (broad SMARTS) is 2. The van der Waals surface area contributed by atoms with Crippen molar-refractivity contribution in [1.29, 1.82) is 0 Å². The van der Waals surface area contributed by atoms with Crippen molar-refractivity contribution in [2.75, 3.05) is 0 Å². The quantitative estimate of drug-likeness (QED) is 0.722. The molecule has 80 valence electrons.